The molecule has 0 aliphatic carbocycles. The quantitative estimate of drug-likeness (QED) is 0.647. The molecule has 0 amide bonds. The topological polar surface area (TPSA) is 38.5 Å². The van der Waals surface area contributed by atoms with Crippen LogP contribution in [0.1, 0.15) is 12.8 Å². The Labute approximate surface area is 76.5 Å². The summed E-state index contributed by atoms with van der Waals surface area (Å²) >= 11 is 0. The lowest BCUT2D eigenvalue weighted by molar-refractivity contribution is -0.0202. The minimum absolute atomic E-state index is 0.133. The molecule has 1 aromatic rings. The molecule has 0 unspecified atom stereocenters. The number of rotatable bonds is 1. The highest BCUT2D eigenvalue weighted by Crippen LogP contribution is 2.36. The highest BCUT2D eigenvalue weighted by Gasteiger charge is 2.47. The number of oxazole rings is 1. The summed E-state index contributed by atoms with van der Waals surface area (Å²) in [4.78, 5) is 6.21. The molecule has 3 rings (SSSR count). The number of ether oxygens (including phenoxy) is 1. The molecule has 0 bridgehead atoms. The van der Waals surface area contributed by atoms with Crippen molar-refractivity contribution in [3.63, 3.8) is 0 Å². The molecule has 2 fully saturated rings. The van der Waals surface area contributed by atoms with Crippen LogP contribution in [0.25, 0.3) is 0 Å². The van der Waals surface area contributed by atoms with Gasteiger partial charge < -0.3 is 14.1 Å². The van der Waals surface area contributed by atoms with Crippen LogP contribution in [0.5, 0.6) is 0 Å². The molecule has 1 spiro atoms. The van der Waals surface area contributed by atoms with E-state index in [1.54, 1.807) is 12.5 Å². The highest BCUT2D eigenvalue weighted by molar-refractivity contribution is 5.34. The van der Waals surface area contributed by atoms with Crippen LogP contribution in [-0.2, 0) is 4.74 Å². The predicted octanol–water partition coefficient (Wildman–Crippen LogP) is 1.04. The van der Waals surface area contributed by atoms with Crippen molar-refractivity contribution >= 4 is 6.01 Å². The van der Waals surface area contributed by atoms with E-state index in [1.807, 2.05) is 0 Å². The molecule has 70 valence electrons. The third-order valence-electron chi connectivity index (χ3n) is 2.83. The molecule has 13 heavy (non-hydrogen) atoms. The van der Waals surface area contributed by atoms with E-state index in [4.69, 9.17) is 9.15 Å². The first-order valence-electron chi connectivity index (χ1n) is 4.66. The molecular weight excluding hydrogens is 168 g/mol. The fraction of sp³-hybridized carbons (Fsp3) is 0.667. The maximum absolute atomic E-state index is 5.69. The van der Waals surface area contributed by atoms with Crippen molar-refractivity contribution in [3.8, 4) is 0 Å². The van der Waals surface area contributed by atoms with Gasteiger partial charge in [0.1, 0.15) is 11.9 Å². The zero-order valence-electron chi connectivity index (χ0n) is 7.40. The molecule has 4 nitrogen and oxygen atoms in total. The Balaban J connectivity index is 1.68. The highest BCUT2D eigenvalue weighted by atomic mass is 16.5. The van der Waals surface area contributed by atoms with Crippen molar-refractivity contribution in [2.45, 2.75) is 18.4 Å². The first-order valence-corrected chi connectivity index (χ1v) is 4.66. The molecule has 3 heterocycles. The van der Waals surface area contributed by atoms with Crippen LogP contribution >= 0.6 is 0 Å². The predicted molar refractivity (Wildman–Crippen MR) is 46.6 cm³/mol. The minimum atomic E-state index is 0.133. The summed E-state index contributed by atoms with van der Waals surface area (Å²) < 4.78 is 10.9. The molecule has 0 saturated carbocycles. The Kier molecular flexibility index (Phi) is 1.41. The normalized spacial score (nSPS) is 25.1. The van der Waals surface area contributed by atoms with E-state index >= 15 is 0 Å². The van der Waals surface area contributed by atoms with Crippen LogP contribution in [0, 0.1) is 0 Å². The number of aromatic nitrogens is 1. The van der Waals surface area contributed by atoms with E-state index in [0.29, 0.717) is 0 Å². The van der Waals surface area contributed by atoms with Crippen molar-refractivity contribution in [2.75, 3.05) is 24.6 Å². The van der Waals surface area contributed by atoms with E-state index in [1.165, 1.54) is 12.8 Å². The fourth-order valence-corrected chi connectivity index (χ4v) is 2.16. The minimum Gasteiger partial charge on any atom is -0.432 e. The van der Waals surface area contributed by atoms with Crippen LogP contribution in [0.2, 0.25) is 0 Å². The Morgan fingerprint density at radius 2 is 2.38 bits per heavy atom. The van der Waals surface area contributed by atoms with Gasteiger partial charge in [0.2, 0.25) is 0 Å². The largest absolute Gasteiger partial charge is 0.432 e. The van der Waals surface area contributed by atoms with E-state index < -0.39 is 0 Å². The summed E-state index contributed by atoms with van der Waals surface area (Å²) in [7, 11) is 0. The molecule has 2 saturated heterocycles. The van der Waals surface area contributed by atoms with Gasteiger partial charge in [0, 0.05) is 6.61 Å². The van der Waals surface area contributed by atoms with Gasteiger partial charge in [0.15, 0.2) is 0 Å². The van der Waals surface area contributed by atoms with Crippen molar-refractivity contribution < 1.29 is 9.15 Å². The number of hydrogen-bond donors (Lipinski definition) is 0. The summed E-state index contributed by atoms with van der Waals surface area (Å²) in [5, 5.41) is 0. The summed E-state index contributed by atoms with van der Waals surface area (Å²) in [5.74, 6) is 0. The third kappa shape index (κ3) is 1.05. The van der Waals surface area contributed by atoms with Crippen LogP contribution in [0.3, 0.4) is 0 Å². The second-order valence-electron chi connectivity index (χ2n) is 3.81. The maximum Gasteiger partial charge on any atom is 0.297 e. The Bertz CT molecular complexity index is 283. The van der Waals surface area contributed by atoms with Crippen molar-refractivity contribution in [2.24, 2.45) is 0 Å². The van der Waals surface area contributed by atoms with E-state index in [9.17, 15) is 0 Å². The molecular formula is C9H12N2O2. The Hall–Kier alpha value is -1.03. The van der Waals surface area contributed by atoms with Gasteiger partial charge in [-0.1, -0.05) is 0 Å². The Morgan fingerprint density at radius 3 is 3.00 bits per heavy atom. The second-order valence-corrected chi connectivity index (χ2v) is 3.81. The van der Waals surface area contributed by atoms with Gasteiger partial charge >= 0.3 is 0 Å². The van der Waals surface area contributed by atoms with Gasteiger partial charge in [0.25, 0.3) is 6.01 Å². The van der Waals surface area contributed by atoms with Gasteiger partial charge in [-0.15, -0.1) is 0 Å². The molecule has 0 N–H and O–H groups in total. The summed E-state index contributed by atoms with van der Waals surface area (Å²) in [6, 6.07) is 0.723. The zero-order valence-corrected chi connectivity index (χ0v) is 7.40. The van der Waals surface area contributed by atoms with Gasteiger partial charge in [-0.25, -0.2) is 4.98 Å². The number of nitrogens with zero attached hydrogens (tertiary/aromatic N) is 2. The SMILES string of the molecule is c1coc(N2CC3(CCCO3)C2)n1. The molecule has 4 heteroatoms. The lowest BCUT2D eigenvalue weighted by Gasteiger charge is -2.46. The van der Waals surface area contributed by atoms with E-state index in [0.717, 1.165) is 25.7 Å². The Morgan fingerprint density at radius 1 is 1.46 bits per heavy atom. The van der Waals surface area contributed by atoms with Crippen molar-refractivity contribution in [1.29, 1.82) is 0 Å². The van der Waals surface area contributed by atoms with Crippen LogP contribution in [0.4, 0.5) is 6.01 Å². The maximum atomic E-state index is 5.69. The average molecular weight is 180 g/mol. The second kappa shape index (κ2) is 2.48. The smallest absolute Gasteiger partial charge is 0.297 e. The van der Waals surface area contributed by atoms with Gasteiger partial charge in [-0.3, -0.25) is 0 Å². The average Bonchev–Trinajstić information content (AvgIpc) is 2.72. The summed E-state index contributed by atoms with van der Waals surface area (Å²) in [5.41, 5.74) is 0.133. The first kappa shape index (κ1) is 7.38. The van der Waals surface area contributed by atoms with Gasteiger partial charge in [-0.05, 0) is 12.8 Å². The fourth-order valence-electron chi connectivity index (χ4n) is 2.16. The standard InChI is InChI=1S/C9H12N2O2/c1-2-9(13-4-1)6-11(7-9)8-10-3-5-12-8/h3,5H,1-2,4,6-7H2. The summed E-state index contributed by atoms with van der Waals surface area (Å²) in [6.45, 7) is 2.79. The molecule has 0 radical (unpaired) electrons. The van der Waals surface area contributed by atoms with Crippen molar-refractivity contribution in [3.05, 3.63) is 12.5 Å². The number of anilines is 1. The van der Waals surface area contributed by atoms with Crippen molar-refractivity contribution in [1.82, 2.24) is 4.98 Å². The molecule has 1 aromatic heterocycles. The van der Waals surface area contributed by atoms with Crippen LogP contribution in [0.15, 0.2) is 16.9 Å². The van der Waals surface area contributed by atoms with E-state index in [-0.39, 0.29) is 5.60 Å². The molecule has 0 aromatic carbocycles. The van der Waals surface area contributed by atoms with Crippen LogP contribution in [-0.4, -0.2) is 30.3 Å². The lowest BCUT2D eigenvalue weighted by Crippen LogP contribution is -2.61. The van der Waals surface area contributed by atoms with Gasteiger partial charge in [-0.2, -0.15) is 0 Å². The summed E-state index contributed by atoms with van der Waals surface area (Å²) in [6.07, 6.45) is 5.66. The monoisotopic (exact) mass is 180 g/mol. The zero-order chi connectivity index (χ0) is 8.73. The first-order chi connectivity index (χ1) is 6.38. The molecule has 0 atom stereocenters. The number of hydrogen-bond acceptors (Lipinski definition) is 4. The van der Waals surface area contributed by atoms with E-state index in [2.05, 4.69) is 9.88 Å². The lowest BCUT2D eigenvalue weighted by atomic mass is 9.91. The molecule has 2 aliphatic heterocycles. The molecule has 2 aliphatic rings. The van der Waals surface area contributed by atoms with Gasteiger partial charge in [0.05, 0.1) is 19.3 Å². The third-order valence-corrected chi connectivity index (χ3v) is 2.83. The van der Waals surface area contributed by atoms with Crippen LogP contribution < -0.4 is 4.90 Å².